The maximum Gasteiger partial charge on any atom is 0.313 e. The number of esters is 1. The highest BCUT2D eigenvalue weighted by Crippen LogP contribution is 2.33. The standard InChI is InChI=1S/C23H24N4O4/c1-3-15(2)17-8-5-7-11-20(17)26-13-16(12-21(26)28)23(30)31-14-27-22(29)18-9-4-6-10-19(18)24-25-27/h4-11,15-16H,3,12-14H2,1-2H3/t15-,16+/m0/s1. The van der Waals surface area contributed by atoms with E-state index in [9.17, 15) is 14.4 Å². The highest BCUT2D eigenvalue weighted by molar-refractivity contribution is 6.00. The number of amides is 1. The molecule has 0 aliphatic carbocycles. The Labute approximate surface area is 179 Å². The van der Waals surface area contributed by atoms with Crippen molar-refractivity contribution in [3.63, 3.8) is 0 Å². The summed E-state index contributed by atoms with van der Waals surface area (Å²) in [6.07, 6.45) is 1.03. The summed E-state index contributed by atoms with van der Waals surface area (Å²) in [5, 5.41) is 8.20. The van der Waals surface area contributed by atoms with Crippen molar-refractivity contribution in [1.82, 2.24) is 15.0 Å². The molecule has 1 aliphatic heterocycles. The molecule has 1 aromatic heterocycles. The zero-order chi connectivity index (χ0) is 22.0. The number of para-hydroxylation sites is 1. The molecule has 4 rings (SSSR count). The Morgan fingerprint density at radius 1 is 1.16 bits per heavy atom. The predicted molar refractivity (Wildman–Crippen MR) is 115 cm³/mol. The molecular formula is C23H24N4O4. The first-order chi connectivity index (χ1) is 15.0. The second-order valence-electron chi connectivity index (χ2n) is 7.78. The lowest BCUT2D eigenvalue weighted by molar-refractivity contribution is -0.152. The van der Waals surface area contributed by atoms with Gasteiger partial charge in [-0.15, -0.1) is 5.10 Å². The first kappa shape index (κ1) is 20.7. The monoisotopic (exact) mass is 420 g/mol. The summed E-state index contributed by atoms with van der Waals surface area (Å²) in [4.78, 5) is 39.4. The van der Waals surface area contributed by atoms with Crippen molar-refractivity contribution in [2.24, 2.45) is 5.92 Å². The number of ether oxygens (including phenoxy) is 1. The van der Waals surface area contributed by atoms with Crippen LogP contribution in [0.2, 0.25) is 0 Å². The molecule has 160 valence electrons. The summed E-state index contributed by atoms with van der Waals surface area (Å²) in [7, 11) is 0. The molecule has 0 bridgehead atoms. The molecule has 1 aliphatic rings. The third-order valence-corrected chi connectivity index (χ3v) is 5.79. The smallest absolute Gasteiger partial charge is 0.313 e. The molecule has 2 heterocycles. The van der Waals surface area contributed by atoms with E-state index in [1.54, 1.807) is 29.2 Å². The largest absolute Gasteiger partial charge is 0.442 e. The van der Waals surface area contributed by atoms with Gasteiger partial charge in [-0.05, 0) is 36.1 Å². The van der Waals surface area contributed by atoms with Crippen LogP contribution in [0.3, 0.4) is 0 Å². The van der Waals surface area contributed by atoms with Gasteiger partial charge in [0.05, 0.1) is 11.3 Å². The van der Waals surface area contributed by atoms with Crippen LogP contribution in [0.15, 0.2) is 53.3 Å². The number of fused-ring (bicyclic) bond motifs is 1. The second kappa shape index (κ2) is 8.67. The zero-order valence-corrected chi connectivity index (χ0v) is 17.5. The summed E-state index contributed by atoms with van der Waals surface area (Å²) >= 11 is 0. The lowest BCUT2D eigenvalue weighted by Gasteiger charge is -2.23. The summed E-state index contributed by atoms with van der Waals surface area (Å²) in [6.45, 7) is 4.13. The molecule has 0 N–H and O–H groups in total. The molecule has 3 aromatic rings. The van der Waals surface area contributed by atoms with E-state index >= 15 is 0 Å². The van der Waals surface area contributed by atoms with Gasteiger partial charge in [0, 0.05) is 18.7 Å². The third kappa shape index (κ3) is 4.05. The third-order valence-electron chi connectivity index (χ3n) is 5.79. The molecule has 1 fully saturated rings. The van der Waals surface area contributed by atoms with Crippen LogP contribution in [0, 0.1) is 5.92 Å². The van der Waals surface area contributed by atoms with Gasteiger partial charge in [0.15, 0.2) is 6.73 Å². The Morgan fingerprint density at radius 2 is 1.90 bits per heavy atom. The van der Waals surface area contributed by atoms with Crippen molar-refractivity contribution in [1.29, 1.82) is 0 Å². The average molecular weight is 420 g/mol. The first-order valence-electron chi connectivity index (χ1n) is 10.4. The fourth-order valence-electron chi connectivity index (χ4n) is 3.82. The van der Waals surface area contributed by atoms with Crippen LogP contribution in [0.25, 0.3) is 10.9 Å². The van der Waals surface area contributed by atoms with Gasteiger partial charge in [-0.25, -0.2) is 0 Å². The fourth-order valence-corrected chi connectivity index (χ4v) is 3.82. The molecule has 2 aromatic carbocycles. The maximum absolute atomic E-state index is 12.7. The average Bonchev–Trinajstić information content (AvgIpc) is 3.19. The SMILES string of the molecule is CC[C@H](C)c1ccccc1N1C[C@H](C(=O)OCn2nnc3ccccc3c2=O)CC1=O. The second-order valence-corrected chi connectivity index (χ2v) is 7.78. The number of carbonyl (C=O) groups excluding carboxylic acids is 2. The van der Waals surface area contributed by atoms with Gasteiger partial charge < -0.3 is 9.64 Å². The van der Waals surface area contributed by atoms with Crippen LogP contribution in [0.5, 0.6) is 0 Å². The molecular weight excluding hydrogens is 396 g/mol. The number of carbonyl (C=O) groups is 2. The molecule has 0 radical (unpaired) electrons. The van der Waals surface area contributed by atoms with E-state index in [0.29, 0.717) is 16.8 Å². The molecule has 0 saturated carbocycles. The van der Waals surface area contributed by atoms with Gasteiger partial charge in [-0.2, -0.15) is 4.68 Å². The molecule has 1 amide bonds. The Bertz CT molecular complexity index is 1190. The highest BCUT2D eigenvalue weighted by atomic mass is 16.5. The van der Waals surface area contributed by atoms with Gasteiger partial charge in [0.25, 0.3) is 5.56 Å². The van der Waals surface area contributed by atoms with Gasteiger partial charge in [0.1, 0.15) is 5.52 Å². The maximum atomic E-state index is 12.7. The molecule has 1 saturated heterocycles. The van der Waals surface area contributed by atoms with Crippen molar-refractivity contribution >= 4 is 28.5 Å². The predicted octanol–water partition coefficient (Wildman–Crippen LogP) is 2.86. The van der Waals surface area contributed by atoms with E-state index in [-0.39, 0.29) is 31.2 Å². The number of nitrogens with zero attached hydrogens (tertiary/aromatic N) is 4. The number of benzene rings is 2. The summed E-state index contributed by atoms with van der Waals surface area (Å²) in [6, 6.07) is 14.6. The zero-order valence-electron chi connectivity index (χ0n) is 17.5. The van der Waals surface area contributed by atoms with Crippen LogP contribution in [-0.4, -0.2) is 33.4 Å². The van der Waals surface area contributed by atoms with Crippen LogP contribution < -0.4 is 10.5 Å². The number of hydrogen-bond donors (Lipinski definition) is 0. The topological polar surface area (TPSA) is 94.4 Å². The Kier molecular flexibility index (Phi) is 5.79. The van der Waals surface area contributed by atoms with Gasteiger partial charge in [0.2, 0.25) is 5.91 Å². The van der Waals surface area contributed by atoms with Crippen molar-refractivity contribution in [2.75, 3.05) is 11.4 Å². The Balaban J connectivity index is 1.46. The molecule has 0 unspecified atom stereocenters. The molecule has 0 spiro atoms. The van der Waals surface area contributed by atoms with Gasteiger partial charge in [-0.3, -0.25) is 14.4 Å². The summed E-state index contributed by atoms with van der Waals surface area (Å²) in [5.74, 6) is -0.936. The summed E-state index contributed by atoms with van der Waals surface area (Å²) < 4.78 is 6.32. The molecule has 31 heavy (non-hydrogen) atoms. The molecule has 2 atom stereocenters. The van der Waals surface area contributed by atoms with E-state index in [4.69, 9.17) is 4.74 Å². The van der Waals surface area contributed by atoms with Crippen molar-refractivity contribution < 1.29 is 14.3 Å². The van der Waals surface area contributed by atoms with Crippen molar-refractivity contribution in [2.45, 2.75) is 39.3 Å². The van der Waals surface area contributed by atoms with Crippen LogP contribution in [0.4, 0.5) is 5.69 Å². The lowest BCUT2D eigenvalue weighted by Crippen LogP contribution is -2.30. The van der Waals surface area contributed by atoms with E-state index in [0.717, 1.165) is 22.4 Å². The van der Waals surface area contributed by atoms with Crippen molar-refractivity contribution in [3.8, 4) is 0 Å². The summed E-state index contributed by atoms with van der Waals surface area (Å²) in [5.41, 5.74) is 2.02. The number of anilines is 1. The minimum atomic E-state index is -0.596. The van der Waals surface area contributed by atoms with Gasteiger partial charge >= 0.3 is 5.97 Å². The lowest BCUT2D eigenvalue weighted by atomic mass is 9.96. The van der Waals surface area contributed by atoms with E-state index in [2.05, 4.69) is 24.2 Å². The number of hydrogen-bond acceptors (Lipinski definition) is 6. The van der Waals surface area contributed by atoms with Crippen molar-refractivity contribution in [3.05, 3.63) is 64.4 Å². The Hall–Kier alpha value is -3.55. The molecule has 8 heteroatoms. The quantitative estimate of drug-likeness (QED) is 0.569. The van der Waals surface area contributed by atoms with Crippen LogP contribution >= 0.6 is 0 Å². The molecule has 8 nitrogen and oxygen atoms in total. The number of rotatable bonds is 6. The minimum Gasteiger partial charge on any atom is -0.442 e. The van der Waals surface area contributed by atoms with Gasteiger partial charge in [-0.1, -0.05) is 49.4 Å². The Morgan fingerprint density at radius 3 is 2.71 bits per heavy atom. The van der Waals surface area contributed by atoms with E-state index < -0.39 is 11.9 Å². The number of aromatic nitrogens is 3. The first-order valence-corrected chi connectivity index (χ1v) is 10.4. The van der Waals surface area contributed by atoms with Crippen LogP contribution in [0.1, 0.15) is 38.2 Å². The fraction of sp³-hybridized carbons (Fsp3) is 0.348. The van der Waals surface area contributed by atoms with E-state index in [1.807, 2.05) is 24.3 Å². The highest BCUT2D eigenvalue weighted by Gasteiger charge is 2.37. The van der Waals surface area contributed by atoms with Crippen LogP contribution in [-0.2, 0) is 21.1 Å². The normalized spacial score (nSPS) is 17.2. The van der Waals surface area contributed by atoms with E-state index in [1.165, 1.54) is 0 Å². The minimum absolute atomic E-state index is 0.0754.